The van der Waals surface area contributed by atoms with E-state index in [-0.39, 0.29) is 0 Å². The Kier molecular flexibility index (Phi) is 8.31. The normalized spacial score (nSPS) is 16.1. The molecule has 2 heterocycles. The zero-order valence-electron chi connectivity index (χ0n) is 19.1. The van der Waals surface area contributed by atoms with E-state index < -0.39 is 0 Å². The van der Waals surface area contributed by atoms with Crippen LogP contribution in [-0.4, -0.2) is 52.9 Å². The number of guanidine groups is 1. The van der Waals surface area contributed by atoms with Crippen LogP contribution in [0.1, 0.15) is 55.6 Å². The molecule has 6 nitrogen and oxygen atoms in total. The van der Waals surface area contributed by atoms with E-state index in [1.807, 2.05) is 6.07 Å². The minimum absolute atomic E-state index is 0.499. The summed E-state index contributed by atoms with van der Waals surface area (Å²) in [6.07, 6.45) is 3.59. The van der Waals surface area contributed by atoms with Gasteiger partial charge < -0.3 is 15.5 Å². The maximum absolute atomic E-state index is 4.90. The first-order valence-electron chi connectivity index (χ1n) is 11.4. The van der Waals surface area contributed by atoms with Gasteiger partial charge in [-0.05, 0) is 52.1 Å². The number of hydrogen-bond acceptors (Lipinski definition) is 3. The van der Waals surface area contributed by atoms with E-state index in [0.717, 1.165) is 24.7 Å². The van der Waals surface area contributed by atoms with Gasteiger partial charge in [-0.25, -0.2) is 4.99 Å². The first-order chi connectivity index (χ1) is 14.6. The molecule has 6 heteroatoms. The largest absolute Gasteiger partial charge is 0.357 e. The van der Waals surface area contributed by atoms with Gasteiger partial charge in [-0.2, -0.15) is 5.10 Å². The fourth-order valence-electron chi connectivity index (χ4n) is 4.16. The Bertz CT molecular complexity index is 803. The van der Waals surface area contributed by atoms with Crippen molar-refractivity contribution in [1.82, 2.24) is 25.3 Å². The van der Waals surface area contributed by atoms with Gasteiger partial charge in [-0.1, -0.05) is 37.3 Å². The third kappa shape index (κ3) is 6.08. The number of hydrogen-bond donors (Lipinski definition) is 2. The molecule has 2 N–H and O–H groups in total. The second-order valence-corrected chi connectivity index (χ2v) is 8.25. The number of nitrogens with one attached hydrogen (secondary N) is 2. The van der Waals surface area contributed by atoms with Gasteiger partial charge in [0.25, 0.3) is 0 Å². The van der Waals surface area contributed by atoms with E-state index in [4.69, 9.17) is 10.1 Å². The Morgan fingerprint density at radius 2 is 1.87 bits per heavy atom. The van der Waals surface area contributed by atoms with Crippen LogP contribution >= 0.6 is 0 Å². The molecule has 0 aliphatic carbocycles. The van der Waals surface area contributed by atoms with Crippen LogP contribution in [-0.2, 0) is 13.1 Å². The first-order valence-corrected chi connectivity index (χ1v) is 11.4. The average molecular weight is 411 g/mol. The van der Waals surface area contributed by atoms with Crippen molar-refractivity contribution in [3.05, 3.63) is 52.8 Å². The zero-order chi connectivity index (χ0) is 21.3. The van der Waals surface area contributed by atoms with Gasteiger partial charge in [0, 0.05) is 36.9 Å². The van der Waals surface area contributed by atoms with Crippen LogP contribution in [0, 0.1) is 13.8 Å². The maximum atomic E-state index is 4.90. The molecule has 1 aromatic carbocycles. The fourth-order valence-corrected chi connectivity index (χ4v) is 4.16. The summed E-state index contributed by atoms with van der Waals surface area (Å²) >= 11 is 0. The van der Waals surface area contributed by atoms with Crippen molar-refractivity contribution < 1.29 is 0 Å². The Balaban J connectivity index is 1.63. The summed E-state index contributed by atoms with van der Waals surface area (Å²) in [5.41, 5.74) is 4.75. The number of piperidine rings is 1. The van der Waals surface area contributed by atoms with Crippen molar-refractivity contribution in [2.24, 2.45) is 4.99 Å². The van der Waals surface area contributed by atoms with Crippen molar-refractivity contribution >= 4 is 5.96 Å². The predicted molar refractivity (Wildman–Crippen MR) is 125 cm³/mol. The lowest BCUT2D eigenvalue weighted by Crippen LogP contribution is -2.48. The summed E-state index contributed by atoms with van der Waals surface area (Å²) in [6.45, 7) is 14.5. The molecule has 0 saturated carbocycles. The first kappa shape index (κ1) is 22.3. The van der Waals surface area contributed by atoms with E-state index >= 15 is 0 Å². The number of likely N-dealkylation sites (tertiary alicyclic amines) is 1. The minimum Gasteiger partial charge on any atom is -0.357 e. The fraction of sp³-hybridized carbons (Fsp3) is 0.583. The highest BCUT2D eigenvalue weighted by molar-refractivity contribution is 5.80. The lowest BCUT2D eigenvalue weighted by Gasteiger charge is -2.32. The monoisotopic (exact) mass is 410 g/mol. The Labute approximate surface area is 181 Å². The minimum atomic E-state index is 0.499. The van der Waals surface area contributed by atoms with Crippen molar-refractivity contribution in [2.75, 3.05) is 26.2 Å². The van der Waals surface area contributed by atoms with Gasteiger partial charge in [0.15, 0.2) is 5.96 Å². The second-order valence-electron chi connectivity index (χ2n) is 8.25. The van der Waals surface area contributed by atoms with Crippen LogP contribution in [0.25, 0.3) is 0 Å². The molecule has 30 heavy (non-hydrogen) atoms. The molecule has 0 radical (unpaired) electrons. The lowest BCUT2D eigenvalue weighted by atomic mass is 10.1. The van der Waals surface area contributed by atoms with Crippen LogP contribution in [0.3, 0.4) is 0 Å². The van der Waals surface area contributed by atoms with Gasteiger partial charge in [0.2, 0.25) is 0 Å². The molecular formula is C24H38N6. The Morgan fingerprint density at radius 1 is 1.13 bits per heavy atom. The molecule has 1 aliphatic heterocycles. The number of aromatic nitrogens is 2. The topological polar surface area (TPSA) is 57.5 Å². The maximum Gasteiger partial charge on any atom is 0.191 e. The number of aryl methyl sites for hydroxylation is 1. The van der Waals surface area contributed by atoms with Crippen molar-refractivity contribution in [2.45, 2.75) is 66.1 Å². The lowest BCUT2D eigenvalue weighted by molar-refractivity contribution is 0.206. The average Bonchev–Trinajstić information content (AvgIpc) is 3.01. The van der Waals surface area contributed by atoms with Gasteiger partial charge in [-0.3, -0.25) is 4.68 Å². The van der Waals surface area contributed by atoms with E-state index in [1.165, 1.54) is 55.7 Å². The molecule has 164 valence electrons. The summed E-state index contributed by atoms with van der Waals surface area (Å²) in [6, 6.07) is 11.0. The van der Waals surface area contributed by atoms with E-state index in [0.29, 0.717) is 12.6 Å². The molecule has 3 rings (SSSR count). The van der Waals surface area contributed by atoms with E-state index in [2.05, 4.69) is 72.2 Å². The Morgan fingerprint density at radius 3 is 2.53 bits per heavy atom. The molecule has 0 bridgehead atoms. The van der Waals surface area contributed by atoms with Crippen molar-refractivity contribution in [1.29, 1.82) is 0 Å². The second kappa shape index (κ2) is 11.2. The molecule has 0 unspecified atom stereocenters. The molecule has 1 aliphatic rings. The predicted octanol–water partition coefficient (Wildman–Crippen LogP) is 3.48. The third-order valence-corrected chi connectivity index (χ3v) is 5.91. The molecule has 1 saturated heterocycles. The molecule has 2 aromatic rings. The third-order valence-electron chi connectivity index (χ3n) is 5.91. The Hall–Kier alpha value is -2.34. The number of rotatable bonds is 8. The van der Waals surface area contributed by atoms with Crippen LogP contribution < -0.4 is 10.6 Å². The summed E-state index contributed by atoms with van der Waals surface area (Å²) in [5, 5.41) is 11.9. The summed E-state index contributed by atoms with van der Waals surface area (Å²) in [7, 11) is 0. The number of aliphatic imine (C=N–C) groups is 1. The van der Waals surface area contributed by atoms with E-state index in [1.54, 1.807) is 0 Å². The molecule has 1 aromatic heterocycles. The van der Waals surface area contributed by atoms with Crippen LogP contribution in [0.5, 0.6) is 0 Å². The van der Waals surface area contributed by atoms with Crippen LogP contribution in [0.15, 0.2) is 35.3 Å². The quantitative estimate of drug-likeness (QED) is 0.517. The van der Waals surface area contributed by atoms with Crippen molar-refractivity contribution in [3.63, 3.8) is 0 Å². The summed E-state index contributed by atoms with van der Waals surface area (Å²) < 4.78 is 2.10. The summed E-state index contributed by atoms with van der Waals surface area (Å²) in [4.78, 5) is 7.47. The standard InChI is InChI=1S/C24H38N6/c1-5-14-29-15-12-22(13-16-29)27-24(25-6-2)26-17-23-19(3)28-30(20(23)4)18-21-10-8-7-9-11-21/h7-11,22H,5-6,12-18H2,1-4H3,(H2,25,26,27). The van der Waals surface area contributed by atoms with Crippen LogP contribution in [0.2, 0.25) is 0 Å². The van der Waals surface area contributed by atoms with Gasteiger partial charge in [0.1, 0.15) is 0 Å². The van der Waals surface area contributed by atoms with Crippen molar-refractivity contribution in [3.8, 4) is 0 Å². The molecule has 1 fully saturated rings. The SMILES string of the molecule is CCCN1CCC(NC(=NCc2c(C)nn(Cc3ccccc3)c2C)NCC)CC1. The van der Waals surface area contributed by atoms with Gasteiger partial charge in [-0.15, -0.1) is 0 Å². The highest BCUT2D eigenvalue weighted by Gasteiger charge is 2.19. The van der Waals surface area contributed by atoms with Gasteiger partial charge >= 0.3 is 0 Å². The molecule has 0 atom stereocenters. The highest BCUT2D eigenvalue weighted by atomic mass is 15.3. The zero-order valence-corrected chi connectivity index (χ0v) is 19.1. The summed E-state index contributed by atoms with van der Waals surface area (Å²) in [5.74, 6) is 0.918. The smallest absolute Gasteiger partial charge is 0.191 e. The van der Waals surface area contributed by atoms with Gasteiger partial charge in [0.05, 0.1) is 18.8 Å². The molecule has 0 spiro atoms. The van der Waals surface area contributed by atoms with E-state index in [9.17, 15) is 0 Å². The van der Waals surface area contributed by atoms with Crippen LogP contribution in [0.4, 0.5) is 0 Å². The molecule has 0 amide bonds. The highest BCUT2D eigenvalue weighted by Crippen LogP contribution is 2.16. The number of benzene rings is 1. The number of nitrogens with zero attached hydrogens (tertiary/aromatic N) is 4. The molecular weight excluding hydrogens is 372 g/mol.